The first kappa shape index (κ1) is 15.7. The fraction of sp³-hybridized carbons (Fsp3) is 0.357. The molecule has 0 spiro atoms. The molecule has 0 unspecified atom stereocenters. The molecule has 1 aromatic carbocycles. The summed E-state index contributed by atoms with van der Waals surface area (Å²) in [5, 5.41) is 1.23. The standard InChI is InChI=1S/C14H19N3O3S/c15-14(18)12-16-7-9-17(10-8-16)21(19,20)11-6-13-4-2-1-3-5-13/h1-6,11H,7-10,12H2,(H2,15,18)/b11-6+. The van der Waals surface area contributed by atoms with E-state index < -0.39 is 15.9 Å². The van der Waals surface area contributed by atoms with Crippen molar-refractivity contribution in [1.29, 1.82) is 0 Å². The lowest BCUT2D eigenvalue weighted by Gasteiger charge is -2.32. The minimum Gasteiger partial charge on any atom is -0.369 e. The van der Waals surface area contributed by atoms with E-state index in [0.29, 0.717) is 26.2 Å². The molecule has 1 saturated heterocycles. The summed E-state index contributed by atoms with van der Waals surface area (Å²) in [6.45, 7) is 1.94. The molecular weight excluding hydrogens is 290 g/mol. The molecule has 2 N–H and O–H groups in total. The van der Waals surface area contributed by atoms with E-state index in [1.54, 1.807) is 6.08 Å². The number of benzene rings is 1. The Bertz CT molecular complexity index is 606. The third-order valence-electron chi connectivity index (χ3n) is 3.30. The monoisotopic (exact) mass is 309 g/mol. The maximum absolute atomic E-state index is 12.2. The number of nitrogens with two attached hydrogens (primary N) is 1. The number of carbonyl (C=O) groups excluding carboxylic acids is 1. The van der Waals surface area contributed by atoms with Crippen LogP contribution in [0.4, 0.5) is 0 Å². The third kappa shape index (κ3) is 4.66. The highest BCUT2D eigenvalue weighted by Crippen LogP contribution is 2.11. The molecule has 6 nitrogen and oxygen atoms in total. The van der Waals surface area contributed by atoms with Gasteiger partial charge in [-0.15, -0.1) is 0 Å². The van der Waals surface area contributed by atoms with Gasteiger partial charge in [0.25, 0.3) is 0 Å². The minimum absolute atomic E-state index is 0.174. The second-order valence-corrected chi connectivity index (χ2v) is 6.72. The second-order valence-electron chi connectivity index (χ2n) is 4.90. The Labute approximate surface area is 124 Å². The number of hydrogen-bond donors (Lipinski definition) is 1. The molecular formula is C14H19N3O3S. The van der Waals surface area contributed by atoms with Crippen molar-refractivity contribution in [2.24, 2.45) is 5.73 Å². The molecule has 1 aromatic rings. The van der Waals surface area contributed by atoms with Crippen molar-refractivity contribution in [2.75, 3.05) is 32.7 Å². The molecule has 0 bridgehead atoms. The van der Waals surface area contributed by atoms with Crippen LogP contribution in [0.25, 0.3) is 6.08 Å². The first-order valence-electron chi connectivity index (χ1n) is 6.71. The minimum atomic E-state index is -3.42. The van der Waals surface area contributed by atoms with E-state index in [4.69, 9.17) is 5.73 Å². The van der Waals surface area contributed by atoms with Crippen LogP contribution < -0.4 is 5.73 Å². The lowest BCUT2D eigenvalue weighted by molar-refractivity contribution is -0.119. The summed E-state index contributed by atoms with van der Waals surface area (Å²) in [6, 6.07) is 9.28. The van der Waals surface area contributed by atoms with Crippen molar-refractivity contribution < 1.29 is 13.2 Å². The quantitative estimate of drug-likeness (QED) is 0.835. The normalized spacial score (nSPS) is 18.1. The largest absolute Gasteiger partial charge is 0.369 e. The zero-order valence-electron chi connectivity index (χ0n) is 11.7. The van der Waals surface area contributed by atoms with Gasteiger partial charge in [-0.1, -0.05) is 30.3 Å². The van der Waals surface area contributed by atoms with E-state index in [1.165, 1.54) is 9.71 Å². The van der Waals surface area contributed by atoms with Crippen molar-refractivity contribution in [3.05, 3.63) is 41.3 Å². The molecule has 0 atom stereocenters. The predicted molar refractivity (Wildman–Crippen MR) is 81.6 cm³/mol. The van der Waals surface area contributed by atoms with Crippen LogP contribution in [-0.4, -0.2) is 56.3 Å². The SMILES string of the molecule is NC(=O)CN1CCN(S(=O)(=O)/C=C/c2ccccc2)CC1. The van der Waals surface area contributed by atoms with E-state index in [1.807, 2.05) is 35.2 Å². The second kappa shape index (κ2) is 6.84. The van der Waals surface area contributed by atoms with Crippen molar-refractivity contribution >= 4 is 22.0 Å². The van der Waals surface area contributed by atoms with Crippen molar-refractivity contribution in [1.82, 2.24) is 9.21 Å². The topological polar surface area (TPSA) is 83.7 Å². The maximum atomic E-state index is 12.2. The van der Waals surface area contributed by atoms with Gasteiger partial charge >= 0.3 is 0 Å². The number of piperazine rings is 1. The van der Waals surface area contributed by atoms with Crippen molar-refractivity contribution in [3.8, 4) is 0 Å². The Morgan fingerprint density at radius 2 is 1.76 bits per heavy atom. The zero-order chi connectivity index (χ0) is 15.3. The van der Waals surface area contributed by atoms with Gasteiger partial charge in [-0.05, 0) is 11.6 Å². The Morgan fingerprint density at radius 1 is 1.14 bits per heavy atom. The first-order valence-corrected chi connectivity index (χ1v) is 8.22. The smallest absolute Gasteiger partial charge is 0.236 e. The molecule has 1 amide bonds. The number of carbonyl (C=O) groups is 1. The predicted octanol–water partition coefficient (Wildman–Crippen LogP) is 0.0900. The van der Waals surface area contributed by atoms with E-state index in [9.17, 15) is 13.2 Å². The Balaban J connectivity index is 1.95. The molecule has 1 heterocycles. The van der Waals surface area contributed by atoms with Gasteiger partial charge in [0.1, 0.15) is 0 Å². The molecule has 0 saturated carbocycles. The van der Waals surface area contributed by atoms with Crippen molar-refractivity contribution in [2.45, 2.75) is 0 Å². The molecule has 2 rings (SSSR count). The Hall–Kier alpha value is -1.70. The van der Waals surface area contributed by atoms with Crippen LogP contribution in [0.5, 0.6) is 0 Å². The Morgan fingerprint density at radius 3 is 2.33 bits per heavy atom. The van der Waals surface area contributed by atoms with Crippen LogP contribution >= 0.6 is 0 Å². The summed E-state index contributed by atoms with van der Waals surface area (Å²) in [6.07, 6.45) is 1.59. The van der Waals surface area contributed by atoms with Crippen LogP contribution in [0.1, 0.15) is 5.56 Å². The number of primary amides is 1. The van der Waals surface area contributed by atoms with Crippen LogP contribution in [0, 0.1) is 0 Å². The van der Waals surface area contributed by atoms with Gasteiger partial charge in [-0.25, -0.2) is 8.42 Å². The first-order chi connectivity index (χ1) is 9.97. The molecule has 114 valence electrons. The van der Waals surface area contributed by atoms with Gasteiger partial charge in [0.05, 0.1) is 6.54 Å². The van der Waals surface area contributed by atoms with E-state index in [0.717, 1.165) is 5.56 Å². The van der Waals surface area contributed by atoms with E-state index in [2.05, 4.69) is 0 Å². The van der Waals surface area contributed by atoms with E-state index in [-0.39, 0.29) is 6.54 Å². The van der Waals surface area contributed by atoms with Crippen LogP contribution in [0.15, 0.2) is 35.7 Å². The van der Waals surface area contributed by atoms with Gasteiger partial charge in [0, 0.05) is 31.6 Å². The number of amides is 1. The summed E-state index contributed by atoms with van der Waals surface area (Å²) in [5.41, 5.74) is 5.97. The van der Waals surface area contributed by atoms with Crippen LogP contribution in [-0.2, 0) is 14.8 Å². The third-order valence-corrected chi connectivity index (χ3v) is 4.87. The molecule has 0 aliphatic carbocycles. The summed E-state index contributed by atoms with van der Waals surface area (Å²) >= 11 is 0. The number of sulfonamides is 1. The van der Waals surface area contributed by atoms with Gasteiger partial charge in [-0.3, -0.25) is 9.69 Å². The Kier molecular flexibility index (Phi) is 5.11. The average Bonchev–Trinajstić information content (AvgIpc) is 2.46. The van der Waals surface area contributed by atoms with Gasteiger partial charge in [0.2, 0.25) is 15.9 Å². The molecule has 1 aliphatic heterocycles. The number of rotatable bonds is 5. The van der Waals surface area contributed by atoms with Crippen LogP contribution in [0.2, 0.25) is 0 Å². The fourth-order valence-electron chi connectivity index (χ4n) is 2.18. The summed E-state index contributed by atoms with van der Waals surface area (Å²) < 4.78 is 25.9. The zero-order valence-corrected chi connectivity index (χ0v) is 12.5. The summed E-state index contributed by atoms with van der Waals surface area (Å²) in [7, 11) is -3.42. The van der Waals surface area contributed by atoms with Crippen LogP contribution in [0.3, 0.4) is 0 Å². The summed E-state index contributed by atoms with van der Waals surface area (Å²) in [4.78, 5) is 12.7. The molecule has 0 aromatic heterocycles. The highest BCUT2D eigenvalue weighted by molar-refractivity contribution is 7.92. The molecule has 1 fully saturated rings. The summed E-state index contributed by atoms with van der Waals surface area (Å²) in [5.74, 6) is -0.393. The highest BCUT2D eigenvalue weighted by Gasteiger charge is 2.25. The molecule has 7 heteroatoms. The van der Waals surface area contributed by atoms with E-state index >= 15 is 0 Å². The lowest BCUT2D eigenvalue weighted by Crippen LogP contribution is -2.50. The number of hydrogen-bond acceptors (Lipinski definition) is 4. The molecule has 0 radical (unpaired) electrons. The fourth-order valence-corrected chi connectivity index (χ4v) is 3.35. The molecule has 1 aliphatic rings. The maximum Gasteiger partial charge on any atom is 0.236 e. The molecule has 21 heavy (non-hydrogen) atoms. The average molecular weight is 309 g/mol. The highest BCUT2D eigenvalue weighted by atomic mass is 32.2. The van der Waals surface area contributed by atoms with Gasteiger partial charge in [-0.2, -0.15) is 4.31 Å². The van der Waals surface area contributed by atoms with Crippen molar-refractivity contribution in [3.63, 3.8) is 0 Å². The van der Waals surface area contributed by atoms with Gasteiger partial charge < -0.3 is 5.73 Å². The van der Waals surface area contributed by atoms with Gasteiger partial charge in [0.15, 0.2) is 0 Å². The lowest BCUT2D eigenvalue weighted by atomic mass is 10.2. The number of nitrogens with zero attached hydrogens (tertiary/aromatic N) is 2.